The molecule has 252 valence electrons. The Kier molecular flexibility index (Phi) is 6.17. The molecule has 3 aliphatic rings. The summed E-state index contributed by atoms with van der Waals surface area (Å²) < 4.78 is 2.53. The van der Waals surface area contributed by atoms with E-state index in [0.717, 1.165) is 13.3 Å². The molecule has 4 heterocycles. The van der Waals surface area contributed by atoms with Crippen molar-refractivity contribution >= 4 is 55.9 Å². The average Bonchev–Trinajstić information content (AvgIpc) is 3.79. The third-order valence-electron chi connectivity index (χ3n) is 11.9. The molecule has 1 aromatic heterocycles. The Morgan fingerprint density at radius 2 is 1.14 bits per heavy atom. The average molecular weight is 666 g/mol. The summed E-state index contributed by atoms with van der Waals surface area (Å²) in [6.07, 6.45) is 0. The molecular weight excluding hydrogens is 623 g/mol. The molecule has 0 N–H and O–H groups in total. The minimum Gasteiger partial charge on any atom is -0.355 e. The molecule has 5 heteroatoms. The van der Waals surface area contributed by atoms with Gasteiger partial charge >= 0.3 is 0 Å². The second kappa shape index (κ2) is 10.4. The predicted octanol–water partition coefficient (Wildman–Crippen LogP) is 10.8. The fourth-order valence-electron chi connectivity index (χ4n) is 9.11. The predicted molar refractivity (Wildman–Crippen MR) is 215 cm³/mol. The summed E-state index contributed by atoms with van der Waals surface area (Å²) in [5.74, 6) is 0. The maximum Gasteiger partial charge on any atom is 0.0950 e. The highest BCUT2D eigenvalue weighted by molar-refractivity contribution is 6.12. The molecule has 5 nitrogen and oxygen atoms in total. The molecule has 51 heavy (non-hydrogen) atoms. The molecule has 0 bridgehead atoms. The summed E-state index contributed by atoms with van der Waals surface area (Å²) in [7, 11) is 4.38. The summed E-state index contributed by atoms with van der Waals surface area (Å²) in [5.41, 5.74) is 16.1. The van der Waals surface area contributed by atoms with Gasteiger partial charge in [0.1, 0.15) is 0 Å². The van der Waals surface area contributed by atoms with Crippen molar-refractivity contribution < 1.29 is 0 Å². The van der Waals surface area contributed by atoms with Gasteiger partial charge in [-0.2, -0.15) is 0 Å². The van der Waals surface area contributed by atoms with E-state index in [4.69, 9.17) is 0 Å². The van der Waals surface area contributed by atoms with Gasteiger partial charge in [0.05, 0.1) is 52.8 Å². The van der Waals surface area contributed by atoms with Crippen molar-refractivity contribution in [3.8, 4) is 5.69 Å². The number of benzene rings is 6. The first kappa shape index (κ1) is 30.2. The van der Waals surface area contributed by atoms with E-state index in [9.17, 15) is 0 Å². The van der Waals surface area contributed by atoms with Crippen LogP contribution in [0.25, 0.3) is 27.5 Å². The standard InChI is InChI=1S/C46H43N5/c1-45(2,3)30-24-31(26-33(25-30)50-29-48(6)41-19-10-12-21-43(41)50)46(4)36-16-13-15-35-34-14-7-8-17-38(34)51(44(35)36)39-23-22-32(27-37(39)46)49-28-47(5)40-18-9-11-20-42(40)49/h7-27H,28-29H2,1-6H3. The van der Waals surface area contributed by atoms with Crippen molar-refractivity contribution in [3.63, 3.8) is 0 Å². The van der Waals surface area contributed by atoms with Gasteiger partial charge in [0.2, 0.25) is 0 Å². The van der Waals surface area contributed by atoms with Crippen LogP contribution in [0.5, 0.6) is 0 Å². The molecule has 1 atom stereocenters. The molecule has 3 aliphatic heterocycles. The van der Waals surface area contributed by atoms with E-state index in [1.807, 2.05) is 0 Å². The normalized spacial score (nSPS) is 17.8. The number of nitrogens with zero attached hydrogens (tertiary/aromatic N) is 5. The van der Waals surface area contributed by atoms with E-state index in [0.29, 0.717) is 0 Å². The first-order chi connectivity index (χ1) is 24.6. The van der Waals surface area contributed by atoms with Crippen LogP contribution >= 0.6 is 0 Å². The highest BCUT2D eigenvalue weighted by Crippen LogP contribution is 2.54. The molecule has 0 saturated carbocycles. The highest BCUT2D eigenvalue weighted by Gasteiger charge is 2.42. The zero-order chi connectivity index (χ0) is 34.8. The molecule has 0 aliphatic carbocycles. The van der Waals surface area contributed by atoms with Crippen LogP contribution in [0.15, 0.2) is 127 Å². The number of hydrogen-bond acceptors (Lipinski definition) is 4. The Labute approximate surface area is 300 Å². The van der Waals surface area contributed by atoms with Crippen molar-refractivity contribution in [1.29, 1.82) is 0 Å². The lowest BCUT2D eigenvalue weighted by Crippen LogP contribution is -2.33. The van der Waals surface area contributed by atoms with E-state index in [2.05, 4.69) is 193 Å². The van der Waals surface area contributed by atoms with Gasteiger partial charge in [-0.3, -0.25) is 0 Å². The second-order valence-corrected chi connectivity index (χ2v) is 15.9. The Morgan fingerprint density at radius 3 is 1.82 bits per heavy atom. The van der Waals surface area contributed by atoms with Crippen molar-refractivity contribution in [3.05, 3.63) is 150 Å². The van der Waals surface area contributed by atoms with Crippen LogP contribution in [0.1, 0.15) is 49.9 Å². The van der Waals surface area contributed by atoms with E-state index >= 15 is 0 Å². The summed E-state index contributed by atoms with van der Waals surface area (Å²) >= 11 is 0. The van der Waals surface area contributed by atoms with Crippen molar-refractivity contribution in [2.45, 2.75) is 38.5 Å². The largest absolute Gasteiger partial charge is 0.355 e. The Balaban J connectivity index is 1.27. The van der Waals surface area contributed by atoms with Gasteiger partial charge in [-0.15, -0.1) is 0 Å². The summed E-state index contributed by atoms with van der Waals surface area (Å²) in [5, 5.41) is 2.60. The van der Waals surface area contributed by atoms with Gasteiger partial charge in [0.15, 0.2) is 0 Å². The minimum atomic E-state index is -0.443. The second-order valence-electron chi connectivity index (χ2n) is 15.9. The lowest BCUT2D eigenvalue weighted by molar-refractivity contribution is 0.585. The first-order valence-electron chi connectivity index (χ1n) is 18.1. The molecule has 0 radical (unpaired) electrons. The summed E-state index contributed by atoms with van der Waals surface area (Å²) in [6.45, 7) is 11.1. The quantitative estimate of drug-likeness (QED) is 0.187. The van der Waals surface area contributed by atoms with Crippen molar-refractivity contribution in [2.24, 2.45) is 0 Å². The third-order valence-corrected chi connectivity index (χ3v) is 11.9. The molecule has 10 rings (SSSR count). The van der Waals surface area contributed by atoms with E-state index < -0.39 is 5.41 Å². The molecule has 1 unspecified atom stereocenters. The summed E-state index contributed by atoms with van der Waals surface area (Å²) in [4.78, 5) is 9.66. The number of para-hydroxylation sites is 6. The fraction of sp³-hybridized carbons (Fsp3) is 0.217. The van der Waals surface area contributed by atoms with Gasteiger partial charge in [-0.1, -0.05) is 87.5 Å². The molecular formula is C46H43N5. The van der Waals surface area contributed by atoms with Gasteiger partial charge in [-0.25, -0.2) is 0 Å². The van der Waals surface area contributed by atoms with Crippen LogP contribution in [0.3, 0.4) is 0 Å². The van der Waals surface area contributed by atoms with E-state index in [1.54, 1.807) is 0 Å². The number of hydrogen-bond donors (Lipinski definition) is 0. The first-order valence-corrected chi connectivity index (χ1v) is 18.1. The minimum absolute atomic E-state index is 0.0453. The molecule has 0 fully saturated rings. The lowest BCUT2D eigenvalue weighted by Gasteiger charge is -2.40. The maximum atomic E-state index is 2.53. The molecule has 6 aromatic carbocycles. The summed E-state index contributed by atoms with van der Waals surface area (Å²) in [6, 6.07) is 48.1. The van der Waals surface area contributed by atoms with Gasteiger partial charge in [-0.05, 0) is 95.3 Å². The smallest absolute Gasteiger partial charge is 0.0950 e. The van der Waals surface area contributed by atoms with Gasteiger partial charge in [0, 0.05) is 41.7 Å². The van der Waals surface area contributed by atoms with E-state index in [1.165, 1.54) is 83.9 Å². The molecule has 0 amide bonds. The van der Waals surface area contributed by atoms with Crippen LogP contribution in [0.2, 0.25) is 0 Å². The molecule has 0 spiro atoms. The molecule has 0 saturated heterocycles. The number of aromatic nitrogens is 1. The number of fused-ring (bicyclic) bond motifs is 7. The zero-order valence-electron chi connectivity index (χ0n) is 30.3. The Morgan fingerprint density at radius 1 is 0.529 bits per heavy atom. The third kappa shape index (κ3) is 4.15. The number of rotatable bonds is 3. The monoisotopic (exact) mass is 665 g/mol. The van der Waals surface area contributed by atoms with Crippen LogP contribution in [0, 0.1) is 0 Å². The fourth-order valence-corrected chi connectivity index (χ4v) is 9.11. The van der Waals surface area contributed by atoms with E-state index in [-0.39, 0.29) is 5.41 Å². The van der Waals surface area contributed by atoms with Gasteiger partial charge in [0.25, 0.3) is 0 Å². The maximum absolute atomic E-state index is 2.53. The Bertz CT molecular complexity index is 2550. The SMILES string of the molecule is CN1CN(c2cc(C(C)(C)C)cc(C3(C)c4cc(N5CN(C)c6ccccc65)ccc4-n4c5ccccc5c5cccc3c54)c2)c2ccccc21. The Hall–Kier alpha value is -5.68. The van der Waals surface area contributed by atoms with Crippen LogP contribution in [-0.4, -0.2) is 32.0 Å². The van der Waals surface area contributed by atoms with Crippen LogP contribution < -0.4 is 19.6 Å². The highest BCUT2D eigenvalue weighted by atomic mass is 15.4. The topological polar surface area (TPSA) is 17.9 Å². The van der Waals surface area contributed by atoms with Crippen LogP contribution in [0.4, 0.5) is 34.1 Å². The zero-order valence-corrected chi connectivity index (χ0v) is 30.3. The van der Waals surface area contributed by atoms with Crippen molar-refractivity contribution in [1.82, 2.24) is 4.57 Å². The lowest BCUT2D eigenvalue weighted by atomic mass is 9.67. The number of anilines is 6. The molecule has 7 aromatic rings. The van der Waals surface area contributed by atoms with Crippen molar-refractivity contribution in [2.75, 3.05) is 47.0 Å². The van der Waals surface area contributed by atoms with Gasteiger partial charge < -0.3 is 24.2 Å². The van der Waals surface area contributed by atoms with Crippen LogP contribution in [-0.2, 0) is 10.8 Å².